The fourth-order valence-corrected chi connectivity index (χ4v) is 3.83. The van der Waals surface area contributed by atoms with Gasteiger partial charge in [-0.15, -0.1) is 0 Å². The lowest BCUT2D eigenvalue weighted by Gasteiger charge is -2.32. The molecule has 76 valence electrons. The van der Waals surface area contributed by atoms with E-state index in [9.17, 15) is 9.59 Å². The highest BCUT2D eigenvalue weighted by Gasteiger charge is 2.72. The van der Waals surface area contributed by atoms with E-state index >= 15 is 0 Å². The molecule has 2 aliphatic carbocycles. The third-order valence-electron chi connectivity index (χ3n) is 4.53. The van der Waals surface area contributed by atoms with Gasteiger partial charge in [0.05, 0.1) is 11.3 Å². The number of ketones is 1. The second kappa shape index (κ2) is 2.20. The lowest BCUT2D eigenvalue weighted by Crippen LogP contribution is -2.43. The van der Waals surface area contributed by atoms with E-state index in [2.05, 4.69) is 0 Å². The van der Waals surface area contributed by atoms with Crippen LogP contribution in [0.1, 0.15) is 39.0 Å². The molecule has 0 aromatic carbocycles. The minimum Gasteiger partial charge on any atom is -0.458 e. The Morgan fingerprint density at radius 2 is 2.14 bits per heavy atom. The topological polar surface area (TPSA) is 43.4 Å². The maximum absolute atomic E-state index is 12.0. The van der Waals surface area contributed by atoms with E-state index in [1.165, 1.54) is 0 Å². The largest absolute Gasteiger partial charge is 0.458 e. The molecule has 14 heavy (non-hydrogen) atoms. The smallest absolute Gasteiger partial charge is 0.310 e. The Kier molecular flexibility index (Phi) is 1.33. The zero-order valence-electron chi connectivity index (χ0n) is 8.34. The van der Waals surface area contributed by atoms with Gasteiger partial charge in [-0.2, -0.15) is 0 Å². The molecule has 3 rings (SSSR count). The van der Waals surface area contributed by atoms with E-state index in [-0.39, 0.29) is 17.7 Å². The number of Topliss-reactive ketones (excluding diaryl/α,β-unsaturated/α-hetero) is 1. The van der Waals surface area contributed by atoms with Crippen molar-refractivity contribution in [2.24, 2.45) is 11.3 Å². The summed E-state index contributed by atoms with van der Waals surface area (Å²) in [5.41, 5.74) is -0.896. The Balaban J connectivity index is 2.16. The summed E-state index contributed by atoms with van der Waals surface area (Å²) in [6.07, 6.45) is 4.15. The molecule has 0 N–H and O–H groups in total. The van der Waals surface area contributed by atoms with Crippen molar-refractivity contribution in [3.63, 3.8) is 0 Å². The fraction of sp³-hybridized carbons (Fsp3) is 0.818. The van der Waals surface area contributed by atoms with Gasteiger partial charge in [0, 0.05) is 6.42 Å². The summed E-state index contributed by atoms with van der Waals surface area (Å²) in [5.74, 6) is 0.0184. The molecule has 0 aromatic heterocycles. The molecule has 3 fully saturated rings. The van der Waals surface area contributed by atoms with Crippen LogP contribution < -0.4 is 0 Å². The second-order valence-corrected chi connectivity index (χ2v) is 4.99. The summed E-state index contributed by atoms with van der Waals surface area (Å²) in [6.45, 7) is 1.95. The number of hydrogen-bond donors (Lipinski definition) is 0. The highest BCUT2D eigenvalue weighted by molar-refractivity contribution is 5.96. The van der Waals surface area contributed by atoms with E-state index < -0.39 is 11.0 Å². The van der Waals surface area contributed by atoms with Gasteiger partial charge in [0.2, 0.25) is 0 Å². The Labute approximate surface area is 82.8 Å². The Bertz CT molecular complexity index is 335. The van der Waals surface area contributed by atoms with E-state index in [1.807, 2.05) is 6.92 Å². The molecule has 2 bridgehead atoms. The third-order valence-corrected chi connectivity index (χ3v) is 4.53. The van der Waals surface area contributed by atoms with Crippen LogP contribution >= 0.6 is 0 Å². The first-order valence-corrected chi connectivity index (χ1v) is 5.36. The second-order valence-electron chi connectivity index (χ2n) is 4.99. The Morgan fingerprint density at radius 3 is 2.57 bits per heavy atom. The van der Waals surface area contributed by atoms with Crippen LogP contribution in [0.15, 0.2) is 0 Å². The quantitative estimate of drug-likeness (QED) is 0.548. The Hall–Kier alpha value is -0.860. The first kappa shape index (κ1) is 8.45. The molecule has 0 unspecified atom stereocenters. The fourth-order valence-electron chi connectivity index (χ4n) is 3.83. The van der Waals surface area contributed by atoms with E-state index in [1.54, 1.807) is 0 Å². The number of carbonyl (C=O) groups excluding carboxylic acids is 2. The average Bonchev–Trinajstić information content (AvgIpc) is 2.66. The summed E-state index contributed by atoms with van der Waals surface area (Å²) in [4.78, 5) is 23.6. The van der Waals surface area contributed by atoms with Gasteiger partial charge < -0.3 is 4.74 Å². The van der Waals surface area contributed by atoms with Crippen molar-refractivity contribution < 1.29 is 14.3 Å². The molecular formula is C11H14O3. The number of carbonyl (C=O) groups is 2. The predicted molar refractivity (Wildman–Crippen MR) is 48.5 cm³/mol. The van der Waals surface area contributed by atoms with Gasteiger partial charge in [0.1, 0.15) is 11.4 Å². The van der Waals surface area contributed by atoms with Crippen molar-refractivity contribution in [2.75, 3.05) is 0 Å². The highest BCUT2D eigenvalue weighted by atomic mass is 16.6. The first-order chi connectivity index (χ1) is 6.60. The molecule has 3 atom stereocenters. The molecule has 0 amide bonds. The maximum atomic E-state index is 12.0. The van der Waals surface area contributed by atoms with Gasteiger partial charge in [-0.05, 0) is 32.6 Å². The van der Waals surface area contributed by atoms with Crippen molar-refractivity contribution in [2.45, 2.75) is 44.6 Å². The van der Waals surface area contributed by atoms with Crippen LogP contribution in [0.3, 0.4) is 0 Å². The van der Waals surface area contributed by atoms with Gasteiger partial charge in [0.15, 0.2) is 0 Å². The predicted octanol–water partition coefficient (Wildman–Crippen LogP) is 1.45. The monoisotopic (exact) mass is 194 g/mol. The van der Waals surface area contributed by atoms with Crippen molar-refractivity contribution in [3.05, 3.63) is 0 Å². The third kappa shape index (κ3) is 0.645. The number of ether oxygens (including phenoxy) is 1. The maximum Gasteiger partial charge on any atom is 0.310 e. The normalized spacial score (nSPS) is 50.5. The van der Waals surface area contributed by atoms with E-state index in [4.69, 9.17) is 4.74 Å². The van der Waals surface area contributed by atoms with Gasteiger partial charge in [0.25, 0.3) is 0 Å². The summed E-state index contributed by atoms with van der Waals surface area (Å²) in [7, 11) is 0. The van der Waals surface area contributed by atoms with E-state index in [0.717, 1.165) is 25.7 Å². The standard InChI is InChI=1S/C11H14O3/c1-10-6-4-7(9(13)14-10)11(10)5-2-3-8(11)12/h7H,2-6H2,1H3/t7-,10-,11+/m0/s1. The van der Waals surface area contributed by atoms with Gasteiger partial charge in [-0.25, -0.2) is 0 Å². The molecule has 2 saturated carbocycles. The first-order valence-electron chi connectivity index (χ1n) is 5.36. The lowest BCUT2D eigenvalue weighted by molar-refractivity contribution is -0.155. The summed E-state index contributed by atoms with van der Waals surface area (Å²) >= 11 is 0. The summed E-state index contributed by atoms with van der Waals surface area (Å²) < 4.78 is 5.40. The van der Waals surface area contributed by atoms with Crippen molar-refractivity contribution in [1.29, 1.82) is 0 Å². The molecule has 1 saturated heterocycles. The van der Waals surface area contributed by atoms with Crippen LogP contribution in [0, 0.1) is 11.3 Å². The van der Waals surface area contributed by atoms with Gasteiger partial charge in [-0.3, -0.25) is 9.59 Å². The number of hydrogen-bond acceptors (Lipinski definition) is 3. The van der Waals surface area contributed by atoms with Crippen LogP contribution in [0.5, 0.6) is 0 Å². The average molecular weight is 194 g/mol. The number of esters is 1. The molecule has 1 aliphatic heterocycles. The molecule has 3 nitrogen and oxygen atoms in total. The minimum atomic E-state index is -0.470. The van der Waals surface area contributed by atoms with Crippen molar-refractivity contribution in [1.82, 2.24) is 0 Å². The zero-order valence-corrected chi connectivity index (χ0v) is 8.34. The van der Waals surface area contributed by atoms with Crippen molar-refractivity contribution in [3.8, 4) is 0 Å². The SMILES string of the molecule is C[C@@]12CC[C@@H](C(=O)O1)[C@@]21CCCC1=O. The molecule has 0 aromatic rings. The molecule has 1 spiro atoms. The van der Waals surface area contributed by atoms with Gasteiger partial charge >= 0.3 is 5.97 Å². The van der Waals surface area contributed by atoms with Gasteiger partial charge in [-0.1, -0.05) is 0 Å². The van der Waals surface area contributed by atoms with E-state index in [0.29, 0.717) is 6.42 Å². The van der Waals surface area contributed by atoms with Crippen LogP contribution in [0.25, 0.3) is 0 Å². The molecule has 3 aliphatic rings. The molecule has 3 heteroatoms. The van der Waals surface area contributed by atoms with Crippen LogP contribution in [-0.2, 0) is 14.3 Å². The van der Waals surface area contributed by atoms with Crippen LogP contribution in [0.2, 0.25) is 0 Å². The minimum absolute atomic E-state index is 0.123. The van der Waals surface area contributed by atoms with Crippen LogP contribution in [0.4, 0.5) is 0 Å². The van der Waals surface area contributed by atoms with Crippen molar-refractivity contribution >= 4 is 11.8 Å². The lowest BCUT2D eigenvalue weighted by atomic mass is 9.70. The summed E-state index contributed by atoms with van der Waals surface area (Å²) in [6, 6.07) is 0. The highest BCUT2D eigenvalue weighted by Crippen LogP contribution is 2.63. The molecule has 0 radical (unpaired) electrons. The number of rotatable bonds is 0. The Morgan fingerprint density at radius 1 is 1.36 bits per heavy atom. The zero-order chi connectivity index (χ0) is 9.97. The molecular weight excluding hydrogens is 180 g/mol. The molecule has 1 heterocycles. The van der Waals surface area contributed by atoms with Crippen LogP contribution in [-0.4, -0.2) is 17.4 Å². The summed E-state index contributed by atoms with van der Waals surface area (Å²) in [5, 5.41) is 0.